The molecule has 0 aliphatic carbocycles. The molecule has 0 aliphatic rings. The van der Waals surface area contributed by atoms with E-state index in [2.05, 4.69) is 10.2 Å². The summed E-state index contributed by atoms with van der Waals surface area (Å²) in [5.41, 5.74) is 5.44. The van der Waals surface area contributed by atoms with Gasteiger partial charge in [-0.05, 0) is 24.3 Å². The van der Waals surface area contributed by atoms with Crippen molar-refractivity contribution < 1.29 is 9.53 Å². The summed E-state index contributed by atoms with van der Waals surface area (Å²) in [6.07, 6.45) is 0. The number of carbonyl (C=O) groups excluding carboxylic acids is 1. The third-order valence-electron chi connectivity index (χ3n) is 1.75. The second-order valence-corrected chi connectivity index (χ2v) is 2.85. The summed E-state index contributed by atoms with van der Waals surface area (Å²) >= 11 is 0. The van der Waals surface area contributed by atoms with E-state index in [0.717, 1.165) is 0 Å². The number of nitrogens with zero attached hydrogens (tertiary/aromatic N) is 3. The molecule has 82 valence electrons. The SMILES string of the molecule is COc1ccc(N=N[C@H](C#N)C(N)=O)cc1. The van der Waals surface area contributed by atoms with Crippen molar-refractivity contribution in [1.29, 1.82) is 5.26 Å². The van der Waals surface area contributed by atoms with Crippen LogP contribution in [-0.4, -0.2) is 19.1 Å². The Morgan fingerprint density at radius 2 is 2.12 bits per heavy atom. The molecule has 1 aromatic rings. The number of benzene rings is 1. The predicted octanol–water partition coefficient (Wildman–Crippen LogP) is 1.16. The normalized spacial score (nSPS) is 12.0. The smallest absolute Gasteiger partial charge is 0.258 e. The van der Waals surface area contributed by atoms with Crippen molar-refractivity contribution in [2.45, 2.75) is 6.04 Å². The van der Waals surface area contributed by atoms with E-state index in [9.17, 15) is 4.79 Å². The largest absolute Gasteiger partial charge is 0.497 e. The first-order chi connectivity index (χ1) is 7.67. The highest BCUT2D eigenvalue weighted by Gasteiger charge is 2.11. The summed E-state index contributed by atoms with van der Waals surface area (Å²) in [5, 5.41) is 15.8. The molecule has 6 heteroatoms. The molecule has 1 aromatic carbocycles. The first kappa shape index (κ1) is 11.7. The average molecular weight is 218 g/mol. The van der Waals surface area contributed by atoms with Crippen LogP contribution in [0.25, 0.3) is 0 Å². The molecule has 6 nitrogen and oxygen atoms in total. The lowest BCUT2D eigenvalue weighted by atomic mass is 10.3. The van der Waals surface area contributed by atoms with Gasteiger partial charge in [-0.1, -0.05) is 0 Å². The van der Waals surface area contributed by atoms with Crippen LogP contribution in [0.1, 0.15) is 0 Å². The van der Waals surface area contributed by atoms with Crippen LogP contribution in [0.15, 0.2) is 34.5 Å². The van der Waals surface area contributed by atoms with Gasteiger partial charge in [-0.3, -0.25) is 4.79 Å². The van der Waals surface area contributed by atoms with Gasteiger partial charge in [0, 0.05) is 0 Å². The van der Waals surface area contributed by atoms with Crippen molar-refractivity contribution in [3.8, 4) is 11.8 Å². The van der Waals surface area contributed by atoms with Crippen molar-refractivity contribution in [3.63, 3.8) is 0 Å². The van der Waals surface area contributed by atoms with Gasteiger partial charge in [-0.25, -0.2) is 0 Å². The number of primary amides is 1. The number of amides is 1. The lowest BCUT2D eigenvalue weighted by Gasteiger charge is -1.99. The Bertz CT molecular complexity index is 433. The van der Waals surface area contributed by atoms with Crippen molar-refractivity contribution in [2.75, 3.05) is 7.11 Å². The molecule has 16 heavy (non-hydrogen) atoms. The van der Waals surface area contributed by atoms with Crippen molar-refractivity contribution in [1.82, 2.24) is 0 Å². The molecule has 0 heterocycles. The Morgan fingerprint density at radius 1 is 1.50 bits per heavy atom. The van der Waals surface area contributed by atoms with E-state index >= 15 is 0 Å². The Balaban J connectivity index is 2.76. The lowest BCUT2D eigenvalue weighted by Crippen LogP contribution is -2.24. The minimum atomic E-state index is -1.25. The quantitative estimate of drug-likeness (QED) is 0.767. The average Bonchev–Trinajstić information content (AvgIpc) is 2.30. The molecular weight excluding hydrogens is 208 g/mol. The van der Waals surface area contributed by atoms with Crippen molar-refractivity contribution in [3.05, 3.63) is 24.3 Å². The fourth-order valence-electron chi connectivity index (χ4n) is 0.920. The molecule has 1 amide bonds. The van der Waals surface area contributed by atoms with Crippen molar-refractivity contribution >= 4 is 11.6 Å². The van der Waals surface area contributed by atoms with Crippen LogP contribution >= 0.6 is 0 Å². The first-order valence-electron chi connectivity index (χ1n) is 4.41. The minimum absolute atomic E-state index is 0.516. The summed E-state index contributed by atoms with van der Waals surface area (Å²) in [6.45, 7) is 0. The molecule has 0 unspecified atom stereocenters. The van der Waals surface area contributed by atoms with E-state index in [-0.39, 0.29) is 0 Å². The first-order valence-corrected chi connectivity index (χ1v) is 4.41. The number of carbonyl (C=O) groups is 1. The number of nitriles is 1. The maximum absolute atomic E-state index is 10.7. The van der Waals surface area contributed by atoms with Crippen LogP contribution in [0.4, 0.5) is 5.69 Å². The molecule has 0 spiro atoms. The topological polar surface area (TPSA) is 101 Å². The zero-order valence-corrected chi connectivity index (χ0v) is 8.62. The zero-order chi connectivity index (χ0) is 12.0. The van der Waals surface area contributed by atoms with Gasteiger partial charge < -0.3 is 10.5 Å². The highest BCUT2D eigenvalue weighted by atomic mass is 16.5. The fourth-order valence-corrected chi connectivity index (χ4v) is 0.920. The highest BCUT2D eigenvalue weighted by Crippen LogP contribution is 2.18. The monoisotopic (exact) mass is 218 g/mol. The highest BCUT2D eigenvalue weighted by molar-refractivity contribution is 5.82. The van der Waals surface area contributed by atoms with Crippen LogP contribution in [0, 0.1) is 11.3 Å². The maximum Gasteiger partial charge on any atom is 0.258 e. The van der Waals surface area contributed by atoms with Gasteiger partial charge in [0.1, 0.15) is 11.8 Å². The predicted molar refractivity (Wildman–Crippen MR) is 56.1 cm³/mol. The van der Waals surface area contributed by atoms with E-state index in [1.54, 1.807) is 37.4 Å². The number of azo groups is 1. The van der Waals surface area contributed by atoms with Crippen LogP contribution < -0.4 is 10.5 Å². The molecule has 0 fully saturated rings. The molecule has 0 radical (unpaired) electrons. The maximum atomic E-state index is 10.7. The second kappa shape index (κ2) is 5.46. The van der Waals surface area contributed by atoms with Crippen LogP contribution in [0.5, 0.6) is 5.75 Å². The standard InChI is InChI=1S/C10H10N4O2/c1-16-8-4-2-7(3-5-8)13-14-9(6-11)10(12)15/h2-5,9H,1H3,(H2,12,15)/t9-/m1/s1. The second-order valence-electron chi connectivity index (χ2n) is 2.85. The third kappa shape index (κ3) is 3.06. The van der Waals surface area contributed by atoms with Gasteiger partial charge in [0.15, 0.2) is 0 Å². The summed E-state index contributed by atoms with van der Waals surface area (Å²) in [6, 6.07) is 7.08. The number of rotatable bonds is 4. The van der Waals surface area contributed by atoms with E-state index in [4.69, 9.17) is 15.7 Å². The fraction of sp³-hybridized carbons (Fsp3) is 0.200. The van der Waals surface area contributed by atoms with E-state index in [1.165, 1.54) is 0 Å². The van der Waals surface area contributed by atoms with Crippen LogP contribution in [-0.2, 0) is 4.79 Å². The van der Waals surface area contributed by atoms with E-state index in [0.29, 0.717) is 11.4 Å². The van der Waals surface area contributed by atoms with Crippen molar-refractivity contribution in [2.24, 2.45) is 16.0 Å². The number of hydrogen-bond donors (Lipinski definition) is 1. The van der Waals surface area contributed by atoms with E-state index < -0.39 is 11.9 Å². The molecule has 0 bridgehead atoms. The van der Waals surface area contributed by atoms with Gasteiger partial charge in [0.2, 0.25) is 6.04 Å². The van der Waals surface area contributed by atoms with E-state index in [1.807, 2.05) is 0 Å². The Kier molecular flexibility index (Phi) is 3.98. The summed E-state index contributed by atoms with van der Waals surface area (Å²) in [4.78, 5) is 10.7. The van der Waals surface area contributed by atoms with Crippen LogP contribution in [0.2, 0.25) is 0 Å². The zero-order valence-electron chi connectivity index (χ0n) is 8.62. The molecule has 1 rings (SSSR count). The van der Waals surface area contributed by atoms with Crippen LogP contribution in [0.3, 0.4) is 0 Å². The third-order valence-corrected chi connectivity index (χ3v) is 1.75. The van der Waals surface area contributed by atoms with Gasteiger partial charge in [0.25, 0.3) is 5.91 Å². The Hall–Kier alpha value is -2.42. The summed E-state index contributed by atoms with van der Waals surface area (Å²) in [5.74, 6) is -0.134. The molecule has 2 N–H and O–H groups in total. The Morgan fingerprint density at radius 3 is 2.56 bits per heavy atom. The lowest BCUT2D eigenvalue weighted by molar-refractivity contribution is -0.118. The number of hydrogen-bond acceptors (Lipinski definition) is 5. The number of methoxy groups -OCH3 is 1. The summed E-state index contributed by atoms with van der Waals surface area (Å²) < 4.78 is 4.96. The molecule has 0 aromatic heterocycles. The minimum Gasteiger partial charge on any atom is -0.497 e. The Labute approximate surface area is 92.3 Å². The molecule has 0 saturated carbocycles. The van der Waals surface area contributed by atoms with Gasteiger partial charge >= 0.3 is 0 Å². The summed E-state index contributed by atoms with van der Waals surface area (Å²) in [7, 11) is 1.55. The molecule has 0 saturated heterocycles. The van der Waals surface area contributed by atoms with Gasteiger partial charge in [-0.2, -0.15) is 15.5 Å². The molecule has 1 atom stereocenters. The molecule has 0 aliphatic heterocycles. The molecular formula is C10H10N4O2. The number of nitrogens with two attached hydrogens (primary N) is 1. The van der Waals surface area contributed by atoms with Gasteiger partial charge in [0.05, 0.1) is 12.8 Å². The van der Waals surface area contributed by atoms with Gasteiger partial charge in [-0.15, -0.1) is 0 Å². The number of ether oxygens (including phenoxy) is 1.